The van der Waals surface area contributed by atoms with Crippen LogP contribution in [0.4, 0.5) is 5.82 Å². The summed E-state index contributed by atoms with van der Waals surface area (Å²) in [6, 6.07) is 5.76. The van der Waals surface area contributed by atoms with Crippen LogP contribution in [0.1, 0.15) is 24.0 Å². The van der Waals surface area contributed by atoms with Gasteiger partial charge in [-0.1, -0.05) is 6.92 Å². The zero-order valence-electron chi connectivity index (χ0n) is 10.4. The largest absolute Gasteiger partial charge is 0.384 e. The van der Waals surface area contributed by atoms with Crippen molar-refractivity contribution in [3.63, 3.8) is 0 Å². The lowest BCUT2D eigenvalue weighted by molar-refractivity contribution is 1.01. The summed E-state index contributed by atoms with van der Waals surface area (Å²) in [5, 5.41) is 0. The quantitative estimate of drug-likeness (QED) is 0.856. The van der Waals surface area contributed by atoms with Crippen LogP contribution in [0.5, 0.6) is 0 Å². The van der Waals surface area contributed by atoms with Crippen molar-refractivity contribution in [2.24, 2.45) is 0 Å². The van der Waals surface area contributed by atoms with Crippen LogP contribution in [0, 0.1) is 13.8 Å². The summed E-state index contributed by atoms with van der Waals surface area (Å²) in [6.07, 6.45) is 0.850. The molecular weight excluding hydrogens is 212 g/mol. The van der Waals surface area contributed by atoms with E-state index in [1.54, 1.807) is 0 Å². The highest BCUT2D eigenvalue weighted by atomic mass is 14.9. The number of aromatic nitrogens is 3. The minimum absolute atomic E-state index is 0.513. The lowest BCUT2D eigenvalue weighted by Crippen LogP contribution is -2.00. The molecule has 2 heterocycles. The Morgan fingerprint density at radius 1 is 1.00 bits per heavy atom. The summed E-state index contributed by atoms with van der Waals surface area (Å²) in [5.74, 6) is 1.19. The summed E-state index contributed by atoms with van der Waals surface area (Å²) in [6.45, 7) is 5.97. The van der Waals surface area contributed by atoms with Crippen molar-refractivity contribution in [2.75, 3.05) is 5.73 Å². The number of pyridine rings is 1. The molecule has 0 saturated carbocycles. The van der Waals surface area contributed by atoms with Crippen LogP contribution in [-0.4, -0.2) is 15.0 Å². The SMILES string of the molecule is CCc1cc(N)nc(-c2cc(C)nc(C)c2)n1. The average Bonchev–Trinajstić information content (AvgIpc) is 2.26. The Balaban J connectivity index is 2.55. The van der Waals surface area contributed by atoms with E-state index in [4.69, 9.17) is 5.73 Å². The number of aryl methyl sites for hydroxylation is 3. The zero-order valence-corrected chi connectivity index (χ0v) is 10.4. The fraction of sp³-hybridized carbons (Fsp3) is 0.308. The molecule has 0 saturated heterocycles. The Bertz CT molecular complexity index is 529. The molecule has 0 aliphatic rings. The maximum Gasteiger partial charge on any atom is 0.161 e. The molecule has 0 bridgehead atoms. The maximum absolute atomic E-state index is 5.78. The third-order valence-corrected chi connectivity index (χ3v) is 2.50. The van der Waals surface area contributed by atoms with Crippen LogP contribution < -0.4 is 5.73 Å². The fourth-order valence-corrected chi connectivity index (χ4v) is 1.79. The van der Waals surface area contributed by atoms with Crippen LogP contribution in [0.3, 0.4) is 0 Å². The van der Waals surface area contributed by atoms with Crippen molar-refractivity contribution in [3.8, 4) is 11.4 Å². The van der Waals surface area contributed by atoms with Crippen LogP contribution in [-0.2, 0) is 6.42 Å². The van der Waals surface area contributed by atoms with Crippen molar-refractivity contribution in [3.05, 3.63) is 35.3 Å². The highest BCUT2D eigenvalue weighted by Gasteiger charge is 2.06. The van der Waals surface area contributed by atoms with Gasteiger partial charge in [0.2, 0.25) is 0 Å². The number of nitrogens with zero attached hydrogens (tertiary/aromatic N) is 3. The predicted octanol–water partition coefficient (Wildman–Crippen LogP) is 2.30. The molecule has 2 aromatic heterocycles. The van der Waals surface area contributed by atoms with E-state index in [9.17, 15) is 0 Å². The number of nitrogen functional groups attached to an aromatic ring is 1. The van der Waals surface area contributed by atoms with Gasteiger partial charge in [0, 0.05) is 28.7 Å². The van der Waals surface area contributed by atoms with Gasteiger partial charge in [-0.25, -0.2) is 9.97 Å². The molecule has 88 valence electrons. The fourth-order valence-electron chi connectivity index (χ4n) is 1.79. The molecule has 2 aromatic rings. The van der Waals surface area contributed by atoms with E-state index in [2.05, 4.69) is 21.9 Å². The molecule has 4 nitrogen and oxygen atoms in total. The Labute approximate surface area is 101 Å². The lowest BCUT2D eigenvalue weighted by Gasteiger charge is -2.06. The Hall–Kier alpha value is -1.97. The number of hydrogen-bond acceptors (Lipinski definition) is 4. The smallest absolute Gasteiger partial charge is 0.161 e. The summed E-state index contributed by atoms with van der Waals surface area (Å²) in [4.78, 5) is 13.1. The highest BCUT2D eigenvalue weighted by Crippen LogP contribution is 2.18. The van der Waals surface area contributed by atoms with Crippen molar-refractivity contribution < 1.29 is 0 Å². The lowest BCUT2D eigenvalue weighted by atomic mass is 10.2. The van der Waals surface area contributed by atoms with Crippen molar-refractivity contribution >= 4 is 5.82 Å². The van der Waals surface area contributed by atoms with E-state index in [0.717, 1.165) is 29.1 Å². The van der Waals surface area contributed by atoms with Crippen LogP contribution >= 0.6 is 0 Å². The topological polar surface area (TPSA) is 64.7 Å². The van der Waals surface area contributed by atoms with Crippen molar-refractivity contribution in [1.29, 1.82) is 0 Å². The Kier molecular flexibility index (Phi) is 3.04. The molecule has 0 aliphatic carbocycles. The first-order chi connectivity index (χ1) is 8.08. The summed E-state index contributed by atoms with van der Waals surface area (Å²) in [5.41, 5.74) is 9.63. The van der Waals surface area contributed by atoms with E-state index in [1.165, 1.54) is 0 Å². The standard InChI is InChI=1S/C13H16N4/c1-4-11-7-12(14)17-13(16-11)10-5-8(2)15-9(3)6-10/h5-7H,4H2,1-3H3,(H2,14,16,17). The van der Waals surface area contributed by atoms with Gasteiger partial charge in [-0.15, -0.1) is 0 Å². The number of anilines is 1. The highest BCUT2D eigenvalue weighted by molar-refractivity contribution is 5.57. The van der Waals surface area contributed by atoms with Crippen molar-refractivity contribution in [2.45, 2.75) is 27.2 Å². The molecule has 4 heteroatoms. The first-order valence-corrected chi connectivity index (χ1v) is 5.67. The van der Waals surface area contributed by atoms with Gasteiger partial charge in [0.1, 0.15) is 5.82 Å². The van der Waals surface area contributed by atoms with Gasteiger partial charge in [0.15, 0.2) is 5.82 Å². The Morgan fingerprint density at radius 2 is 1.65 bits per heavy atom. The van der Waals surface area contributed by atoms with Gasteiger partial charge >= 0.3 is 0 Å². The molecular formula is C13H16N4. The second kappa shape index (κ2) is 4.49. The molecule has 0 atom stereocenters. The van der Waals surface area contributed by atoms with E-state index >= 15 is 0 Å². The zero-order chi connectivity index (χ0) is 12.4. The second-order valence-electron chi connectivity index (χ2n) is 4.10. The Morgan fingerprint density at radius 3 is 2.24 bits per heavy atom. The minimum atomic E-state index is 0.513. The molecule has 2 rings (SSSR count). The summed E-state index contributed by atoms with van der Waals surface area (Å²) < 4.78 is 0. The molecule has 0 unspecified atom stereocenters. The first-order valence-electron chi connectivity index (χ1n) is 5.67. The van der Waals surface area contributed by atoms with E-state index in [0.29, 0.717) is 11.6 Å². The van der Waals surface area contributed by atoms with Crippen LogP contribution in [0.2, 0.25) is 0 Å². The van der Waals surface area contributed by atoms with E-state index in [1.807, 2.05) is 32.0 Å². The second-order valence-corrected chi connectivity index (χ2v) is 4.10. The summed E-state index contributed by atoms with van der Waals surface area (Å²) in [7, 11) is 0. The van der Waals surface area contributed by atoms with Crippen LogP contribution in [0.25, 0.3) is 11.4 Å². The molecule has 17 heavy (non-hydrogen) atoms. The first kappa shape index (κ1) is 11.5. The number of nitrogens with two attached hydrogens (primary N) is 1. The van der Waals surface area contributed by atoms with Gasteiger partial charge in [0.05, 0.1) is 0 Å². The molecule has 0 fully saturated rings. The monoisotopic (exact) mass is 228 g/mol. The molecule has 0 aromatic carbocycles. The van der Waals surface area contributed by atoms with Crippen molar-refractivity contribution in [1.82, 2.24) is 15.0 Å². The molecule has 2 N–H and O–H groups in total. The normalized spacial score (nSPS) is 10.5. The van der Waals surface area contributed by atoms with Gasteiger partial charge in [0.25, 0.3) is 0 Å². The predicted molar refractivity (Wildman–Crippen MR) is 68.5 cm³/mol. The van der Waals surface area contributed by atoms with Crippen LogP contribution in [0.15, 0.2) is 18.2 Å². The third kappa shape index (κ3) is 2.58. The number of rotatable bonds is 2. The van der Waals surface area contributed by atoms with E-state index < -0.39 is 0 Å². The average molecular weight is 228 g/mol. The maximum atomic E-state index is 5.78. The molecule has 0 amide bonds. The van der Waals surface area contributed by atoms with Gasteiger partial charge < -0.3 is 5.73 Å². The third-order valence-electron chi connectivity index (χ3n) is 2.50. The summed E-state index contributed by atoms with van der Waals surface area (Å²) >= 11 is 0. The number of hydrogen-bond donors (Lipinski definition) is 1. The van der Waals surface area contributed by atoms with Gasteiger partial charge in [-0.3, -0.25) is 4.98 Å². The molecule has 0 spiro atoms. The molecule has 0 aliphatic heterocycles. The van der Waals surface area contributed by atoms with Gasteiger partial charge in [-0.05, 0) is 32.4 Å². The minimum Gasteiger partial charge on any atom is -0.384 e. The van der Waals surface area contributed by atoms with E-state index in [-0.39, 0.29) is 0 Å². The molecule has 0 radical (unpaired) electrons. The van der Waals surface area contributed by atoms with Gasteiger partial charge in [-0.2, -0.15) is 0 Å².